The van der Waals surface area contributed by atoms with Crippen LogP contribution in [0.5, 0.6) is 0 Å². The molecule has 9 rings (SSSR count). The zero-order valence-corrected chi connectivity index (χ0v) is 40.9. The van der Waals surface area contributed by atoms with Gasteiger partial charge in [0.05, 0.1) is 11.1 Å². The lowest BCUT2D eigenvalue weighted by Gasteiger charge is -2.31. The number of nitrogens with zero attached hydrogens (tertiary/aromatic N) is 3. The number of fused-ring (bicyclic) bond motifs is 3. The van der Waals surface area contributed by atoms with Gasteiger partial charge in [0, 0.05) is 40.8 Å². The molecule has 0 radical (unpaired) electrons. The predicted molar refractivity (Wildman–Crippen MR) is 264 cm³/mol. The van der Waals surface area contributed by atoms with Gasteiger partial charge in [-0.2, -0.15) is 0 Å². The van der Waals surface area contributed by atoms with E-state index < -0.39 is 18.1 Å². The van der Waals surface area contributed by atoms with Crippen LogP contribution in [0.4, 0.5) is 0 Å². The molecule has 6 heterocycles. The summed E-state index contributed by atoms with van der Waals surface area (Å²) in [5.41, 5.74) is 7.54. The van der Waals surface area contributed by atoms with Crippen molar-refractivity contribution in [2.45, 2.75) is 142 Å². The Labute approximate surface area is 398 Å². The molecule has 3 N–H and O–H groups in total. The predicted octanol–water partition coefficient (Wildman–Crippen LogP) is 8.37. The molecule has 0 bridgehead atoms. The van der Waals surface area contributed by atoms with E-state index in [1.54, 1.807) is 27.8 Å². The first kappa shape index (κ1) is 49.0. The minimum absolute atomic E-state index is 0.0231. The summed E-state index contributed by atoms with van der Waals surface area (Å²) in [6.45, 7) is 30.7. The monoisotopic (exact) mass is 920 g/mol. The Balaban J connectivity index is 0.000000151. The Hall–Kier alpha value is -6.89. The number of hydrogen-bond donors (Lipinski definition) is 3. The number of hydrogen-bond acceptors (Lipinski definition) is 7. The van der Waals surface area contributed by atoms with Crippen molar-refractivity contribution in [2.75, 3.05) is 0 Å². The molecule has 3 fully saturated rings. The maximum atomic E-state index is 12.9. The summed E-state index contributed by atoms with van der Waals surface area (Å²) >= 11 is 0. The molecule has 5 aliphatic heterocycles. The van der Waals surface area contributed by atoms with Crippen molar-refractivity contribution in [1.82, 2.24) is 30.3 Å². The number of imide groups is 1. The second-order valence-corrected chi connectivity index (χ2v) is 21.5. The number of pyridine rings is 1. The molecule has 13 heteroatoms. The van der Waals surface area contributed by atoms with E-state index in [2.05, 4.69) is 89.4 Å². The van der Waals surface area contributed by atoms with Crippen molar-refractivity contribution >= 4 is 46.2 Å². The molecule has 4 aromatic rings. The van der Waals surface area contributed by atoms with Crippen molar-refractivity contribution in [1.29, 1.82) is 0 Å². The van der Waals surface area contributed by atoms with Crippen LogP contribution in [0.2, 0.25) is 0 Å². The smallest absolute Gasteiger partial charge is 0.262 e. The number of carbonyl (C=O) groups is 6. The number of amides is 6. The van der Waals surface area contributed by atoms with Gasteiger partial charge in [-0.1, -0.05) is 118 Å². The highest BCUT2D eigenvalue weighted by Gasteiger charge is 2.46. The van der Waals surface area contributed by atoms with E-state index in [1.807, 2.05) is 57.2 Å². The van der Waals surface area contributed by atoms with E-state index in [9.17, 15) is 33.6 Å². The first-order chi connectivity index (χ1) is 31.8. The molecule has 5 aliphatic rings. The van der Waals surface area contributed by atoms with Gasteiger partial charge in [0.25, 0.3) is 23.3 Å². The zero-order valence-electron chi connectivity index (χ0n) is 40.9. The normalized spacial score (nSPS) is 20.8. The Kier molecular flexibility index (Phi) is 13.2. The first-order valence-electron chi connectivity index (χ1n) is 23.3. The summed E-state index contributed by atoms with van der Waals surface area (Å²) in [7, 11) is 0. The average molecular weight is 921 g/mol. The summed E-state index contributed by atoms with van der Waals surface area (Å²) in [6.07, 6.45) is 5.39. The van der Waals surface area contributed by atoms with Gasteiger partial charge < -0.3 is 25.4 Å². The largest absolute Gasteiger partial charge is 0.329 e. The van der Waals surface area contributed by atoms with Crippen LogP contribution >= 0.6 is 0 Å². The lowest BCUT2D eigenvalue weighted by Crippen LogP contribution is -2.51. The molecule has 3 saturated heterocycles. The fraction of sp³-hybridized carbons (Fsp3) is 0.400. The molecule has 68 heavy (non-hydrogen) atoms. The standard InChI is InChI=1S/C19H22N2O2.C18H20N2O3.C18H22N2O2/c1-12-5-8-16(17(22)20-12)21-10-9-13-11-14(19(2,3)4)6-7-15(13)18(21)23;1-10-8-9-13(15(21)19-10)20-16(22)11-6-5-7-12(18(2,3)4)14(11)17(20)23;1-11-8-9-15(16(21)19-11)20-10-13-12(17(20)22)6-5-7-14(13)18(2,3)4/h6-7,9-11,16H,1,5,8H2,2-4H3,(H,20,22);5-7,13H,1,8-9H2,2-4H3,(H,19,21);5-7,15H,1,8-10H2,2-4H3,(H,19,21). The fourth-order valence-electron chi connectivity index (χ4n) is 9.59. The topological polar surface area (TPSA) is 167 Å². The first-order valence-corrected chi connectivity index (χ1v) is 23.3. The van der Waals surface area contributed by atoms with Crippen molar-refractivity contribution in [3.8, 4) is 0 Å². The van der Waals surface area contributed by atoms with Gasteiger partial charge in [-0.3, -0.25) is 38.5 Å². The maximum absolute atomic E-state index is 12.9. The number of aromatic nitrogens is 1. The molecule has 0 saturated carbocycles. The van der Waals surface area contributed by atoms with Crippen LogP contribution in [0.1, 0.15) is 160 Å². The molecule has 3 atom stereocenters. The van der Waals surface area contributed by atoms with Gasteiger partial charge in [-0.15, -0.1) is 0 Å². The molecular formula is C55H64N6O7. The quantitative estimate of drug-likeness (QED) is 0.174. The third kappa shape index (κ3) is 9.61. The Bertz CT molecular complexity index is 2890. The second kappa shape index (κ2) is 18.3. The lowest BCUT2D eigenvalue weighted by molar-refractivity contribution is -0.126. The summed E-state index contributed by atoms with van der Waals surface area (Å²) in [6, 6.07) is 17.4. The highest BCUT2D eigenvalue weighted by Crippen LogP contribution is 2.37. The Morgan fingerprint density at radius 2 is 1.06 bits per heavy atom. The number of piperidine rings is 3. The number of nitrogens with one attached hydrogen (secondary N) is 3. The molecular weight excluding hydrogens is 857 g/mol. The maximum Gasteiger partial charge on any atom is 0.262 e. The minimum Gasteiger partial charge on any atom is -0.329 e. The summed E-state index contributed by atoms with van der Waals surface area (Å²) in [5.74, 6) is -1.41. The van der Waals surface area contributed by atoms with Gasteiger partial charge in [0.15, 0.2) is 0 Å². The molecule has 1 aromatic heterocycles. The fourth-order valence-corrected chi connectivity index (χ4v) is 9.59. The summed E-state index contributed by atoms with van der Waals surface area (Å²) in [5, 5.41) is 9.72. The van der Waals surface area contributed by atoms with Crippen LogP contribution in [0.25, 0.3) is 10.8 Å². The van der Waals surface area contributed by atoms with E-state index >= 15 is 0 Å². The third-order valence-electron chi connectivity index (χ3n) is 13.3. The van der Waals surface area contributed by atoms with Crippen LogP contribution in [0, 0.1) is 0 Å². The van der Waals surface area contributed by atoms with Crippen LogP contribution in [-0.4, -0.2) is 61.9 Å². The van der Waals surface area contributed by atoms with E-state index in [-0.39, 0.29) is 57.2 Å². The number of rotatable bonds is 3. The van der Waals surface area contributed by atoms with Gasteiger partial charge in [0.2, 0.25) is 17.7 Å². The van der Waals surface area contributed by atoms with E-state index in [0.717, 1.165) is 44.8 Å². The van der Waals surface area contributed by atoms with E-state index in [1.165, 1.54) is 11.1 Å². The molecule has 3 aromatic carbocycles. The summed E-state index contributed by atoms with van der Waals surface area (Å²) < 4.78 is 1.54. The number of allylic oxidation sites excluding steroid dienone is 3. The molecule has 356 valence electrons. The number of benzene rings is 3. The molecule has 0 spiro atoms. The van der Waals surface area contributed by atoms with E-state index in [4.69, 9.17) is 0 Å². The molecule has 3 unspecified atom stereocenters. The number of carbonyl (C=O) groups excluding carboxylic acids is 6. The molecule has 0 aliphatic carbocycles. The molecule has 13 nitrogen and oxygen atoms in total. The van der Waals surface area contributed by atoms with Crippen LogP contribution in [0.15, 0.2) is 108 Å². The Morgan fingerprint density at radius 3 is 1.59 bits per heavy atom. The van der Waals surface area contributed by atoms with Crippen molar-refractivity contribution in [2.24, 2.45) is 0 Å². The average Bonchev–Trinajstić information content (AvgIpc) is 3.72. The van der Waals surface area contributed by atoms with Crippen molar-refractivity contribution in [3.63, 3.8) is 0 Å². The minimum atomic E-state index is -0.763. The molecule has 6 amide bonds. The zero-order chi connectivity index (χ0) is 49.8. The SMILES string of the molecule is C=C1CCC(N2C(=O)c3cccc(C(C)(C)C)c3C2=O)C(=O)N1.C=C1CCC(N2Cc3c(cccc3C(C)(C)C)C2=O)C(=O)N1.C=C1CCC(n2ccc3cc(C(C)(C)C)ccc3c2=O)C(=O)N1. The van der Waals surface area contributed by atoms with Gasteiger partial charge >= 0.3 is 0 Å². The second-order valence-electron chi connectivity index (χ2n) is 21.5. The van der Waals surface area contributed by atoms with Crippen LogP contribution in [-0.2, 0) is 37.2 Å². The third-order valence-corrected chi connectivity index (χ3v) is 13.3. The van der Waals surface area contributed by atoms with Crippen LogP contribution in [0.3, 0.4) is 0 Å². The Morgan fingerprint density at radius 1 is 0.544 bits per heavy atom. The summed E-state index contributed by atoms with van der Waals surface area (Å²) in [4.78, 5) is 90.5. The van der Waals surface area contributed by atoms with Gasteiger partial charge in [0.1, 0.15) is 18.1 Å². The highest BCUT2D eigenvalue weighted by molar-refractivity contribution is 6.23. The van der Waals surface area contributed by atoms with Crippen molar-refractivity contribution < 1.29 is 28.8 Å². The van der Waals surface area contributed by atoms with Crippen LogP contribution < -0.4 is 21.5 Å². The van der Waals surface area contributed by atoms with Crippen molar-refractivity contribution in [3.05, 3.63) is 153 Å². The van der Waals surface area contributed by atoms with Gasteiger partial charge in [-0.05, 0) is 107 Å². The van der Waals surface area contributed by atoms with E-state index in [0.29, 0.717) is 60.9 Å². The lowest BCUT2D eigenvalue weighted by atomic mass is 9.82. The highest BCUT2D eigenvalue weighted by atomic mass is 16.2. The van der Waals surface area contributed by atoms with Gasteiger partial charge in [-0.25, -0.2) is 0 Å².